The monoisotopic (exact) mass is 332 g/mol. The fourth-order valence-electron chi connectivity index (χ4n) is 2.11. The van der Waals surface area contributed by atoms with Gasteiger partial charge in [0.2, 0.25) is 5.91 Å². The summed E-state index contributed by atoms with van der Waals surface area (Å²) in [5, 5.41) is 15.2. The van der Waals surface area contributed by atoms with Gasteiger partial charge in [0.15, 0.2) is 9.84 Å². The molecule has 2 rings (SSSR count). The van der Waals surface area contributed by atoms with E-state index in [0.717, 1.165) is 0 Å². The molecule has 2 atom stereocenters. The number of carbonyl (C=O) groups excluding carboxylic acids is 1. The Balaban J connectivity index is 1.85. The number of amides is 1. The summed E-state index contributed by atoms with van der Waals surface area (Å²) in [6, 6.07) is 5.44. The Morgan fingerprint density at radius 2 is 2.05 bits per heavy atom. The van der Waals surface area contributed by atoms with E-state index in [0.29, 0.717) is 18.0 Å². The number of aliphatic hydroxyl groups is 1. The molecule has 1 amide bonds. The zero-order valence-corrected chi connectivity index (χ0v) is 12.8. The van der Waals surface area contributed by atoms with E-state index in [9.17, 15) is 18.3 Å². The van der Waals surface area contributed by atoms with Crippen molar-refractivity contribution in [2.24, 2.45) is 0 Å². The minimum Gasteiger partial charge on any atom is -0.392 e. The molecular formula is C13H17ClN2O4S. The Bertz CT molecular complexity index is 603. The third-order valence-corrected chi connectivity index (χ3v) is 5.25. The number of sulfone groups is 1. The van der Waals surface area contributed by atoms with Gasteiger partial charge in [0, 0.05) is 18.1 Å². The van der Waals surface area contributed by atoms with E-state index in [-0.39, 0.29) is 23.1 Å². The molecule has 116 valence electrons. The predicted molar refractivity (Wildman–Crippen MR) is 78.9 cm³/mol. The minimum atomic E-state index is -3.45. The first-order valence-corrected chi connectivity index (χ1v) is 8.59. The molecule has 1 aromatic rings. The molecule has 0 unspecified atom stereocenters. The van der Waals surface area contributed by atoms with Crippen LogP contribution in [0.3, 0.4) is 0 Å². The van der Waals surface area contributed by atoms with Crippen molar-refractivity contribution >= 4 is 27.3 Å². The molecular weight excluding hydrogens is 316 g/mol. The van der Waals surface area contributed by atoms with Crippen molar-refractivity contribution in [2.75, 3.05) is 18.8 Å². The SMILES string of the molecule is O=C(NCCS(=O)(=O)c1ccc(Cl)cc1)[C@H]1C[C@H](O)CN1. The summed E-state index contributed by atoms with van der Waals surface area (Å²) in [6.07, 6.45) is -0.186. The van der Waals surface area contributed by atoms with Crippen molar-refractivity contribution in [3.8, 4) is 0 Å². The Morgan fingerprint density at radius 3 is 2.62 bits per heavy atom. The van der Waals surface area contributed by atoms with Crippen LogP contribution in [0.2, 0.25) is 5.02 Å². The van der Waals surface area contributed by atoms with Crippen LogP contribution < -0.4 is 10.6 Å². The number of rotatable bonds is 5. The van der Waals surface area contributed by atoms with E-state index in [1.54, 1.807) is 0 Å². The second-order valence-electron chi connectivity index (χ2n) is 4.91. The minimum absolute atomic E-state index is 0.0259. The average Bonchev–Trinajstić information content (AvgIpc) is 2.86. The summed E-state index contributed by atoms with van der Waals surface area (Å²) in [5.74, 6) is -0.479. The van der Waals surface area contributed by atoms with Crippen molar-refractivity contribution in [1.29, 1.82) is 0 Å². The van der Waals surface area contributed by atoms with Crippen molar-refractivity contribution in [3.63, 3.8) is 0 Å². The Kier molecular flexibility index (Phi) is 5.21. The maximum absolute atomic E-state index is 12.0. The first-order valence-electron chi connectivity index (χ1n) is 6.56. The first kappa shape index (κ1) is 16.2. The molecule has 1 aromatic carbocycles. The second kappa shape index (κ2) is 6.74. The second-order valence-corrected chi connectivity index (χ2v) is 7.46. The van der Waals surface area contributed by atoms with E-state index in [1.165, 1.54) is 24.3 Å². The molecule has 1 aliphatic rings. The fourth-order valence-corrected chi connectivity index (χ4v) is 3.39. The Hall–Kier alpha value is -1.15. The Labute approximate surface area is 128 Å². The molecule has 1 fully saturated rings. The van der Waals surface area contributed by atoms with Crippen molar-refractivity contribution in [2.45, 2.75) is 23.5 Å². The lowest BCUT2D eigenvalue weighted by Crippen LogP contribution is -2.42. The van der Waals surface area contributed by atoms with Crippen LogP contribution in [0.4, 0.5) is 0 Å². The highest BCUT2D eigenvalue weighted by atomic mass is 35.5. The molecule has 8 heteroatoms. The van der Waals surface area contributed by atoms with Crippen LogP contribution in [0.15, 0.2) is 29.2 Å². The Morgan fingerprint density at radius 1 is 1.38 bits per heavy atom. The molecule has 0 bridgehead atoms. The molecule has 0 saturated carbocycles. The molecule has 3 N–H and O–H groups in total. The van der Waals surface area contributed by atoms with Gasteiger partial charge in [-0.15, -0.1) is 0 Å². The normalized spacial score (nSPS) is 22.2. The highest BCUT2D eigenvalue weighted by Gasteiger charge is 2.28. The molecule has 6 nitrogen and oxygen atoms in total. The number of halogens is 1. The summed E-state index contributed by atoms with van der Waals surface area (Å²) in [6.45, 7) is 0.402. The number of nitrogens with one attached hydrogen (secondary N) is 2. The van der Waals surface area contributed by atoms with Crippen LogP contribution in [0, 0.1) is 0 Å². The third kappa shape index (κ3) is 4.41. The summed E-state index contributed by atoms with van der Waals surface area (Å²) in [4.78, 5) is 11.9. The zero-order chi connectivity index (χ0) is 15.5. The standard InChI is InChI=1S/C13H17ClN2O4S/c14-9-1-3-11(4-2-9)21(19,20)6-5-15-13(18)12-7-10(17)8-16-12/h1-4,10,12,16-17H,5-8H2,(H,15,18)/t10-,12+/m0/s1. The lowest BCUT2D eigenvalue weighted by Gasteiger charge is -2.11. The van der Waals surface area contributed by atoms with Crippen molar-refractivity contribution < 1.29 is 18.3 Å². The molecule has 0 aromatic heterocycles. The summed E-state index contributed by atoms with van der Waals surface area (Å²) >= 11 is 5.71. The number of benzene rings is 1. The molecule has 0 spiro atoms. The van der Waals surface area contributed by atoms with Gasteiger partial charge in [0.1, 0.15) is 0 Å². The van der Waals surface area contributed by atoms with Gasteiger partial charge in [-0.2, -0.15) is 0 Å². The number of carbonyl (C=O) groups is 1. The van der Waals surface area contributed by atoms with Crippen LogP contribution in [0.5, 0.6) is 0 Å². The molecule has 1 saturated heterocycles. The van der Waals surface area contributed by atoms with E-state index in [4.69, 9.17) is 11.6 Å². The molecule has 0 aliphatic carbocycles. The first-order chi connectivity index (χ1) is 9.88. The summed E-state index contributed by atoms with van der Waals surface area (Å²) in [7, 11) is -3.45. The van der Waals surface area contributed by atoms with E-state index < -0.39 is 22.0 Å². The van der Waals surface area contributed by atoms with E-state index in [1.807, 2.05) is 0 Å². The van der Waals surface area contributed by atoms with Gasteiger partial charge in [-0.3, -0.25) is 4.79 Å². The van der Waals surface area contributed by atoms with Gasteiger partial charge in [-0.25, -0.2) is 8.42 Å². The molecule has 21 heavy (non-hydrogen) atoms. The van der Waals surface area contributed by atoms with Gasteiger partial charge in [0.05, 0.1) is 22.8 Å². The number of hydrogen-bond acceptors (Lipinski definition) is 5. The van der Waals surface area contributed by atoms with Gasteiger partial charge in [0.25, 0.3) is 0 Å². The smallest absolute Gasteiger partial charge is 0.237 e. The fraction of sp³-hybridized carbons (Fsp3) is 0.462. The van der Waals surface area contributed by atoms with Crippen LogP contribution in [-0.2, 0) is 14.6 Å². The number of aliphatic hydroxyl groups excluding tert-OH is 1. The topological polar surface area (TPSA) is 95.5 Å². The zero-order valence-electron chi connectivity index (χ0n) is 11.3. The average molecular weight is 333 g/mol. The largest absolute Gasteiger partial charge is 0.392 e. The maximum Gasteiger partial charge on any atom is 0.237 e. The quantitative estimate of drug-likeness (QED) is 0.703. The van der Waals surface area contributed by atoms with Crippen LogP contribution in [-0.4, -0.2) is 50.4 Å². The van der Waals surface area contributed by atoms with Crippen LogP contribution >= 0.6 is 11.6 Å². The predicted octanol–water partition coefficient (Wildman–Crippen LogP) is -0.0473. The lowest BCUT2D eigenvalue weighted by molar-refractivity contribution is -0.122. The highest BCUT2D eigenvalue weighted by molar-refractivity contribution is 7.91. The number of β-amino-alcohol motifs (C(OH)–C–C–N with tert-alkyl or cyclic N) is 1. The van der Waals surface area contributed by atoms with Crippen LogP contribution in [0.25, 0.3) is 0 Å². The molecule has 0 radical (unpaired) electrons. The third-order valence-electron chi connectivity index (χ3n) is 3.27. The van der Waals surface area contributed by atoms with Crippen LogP contribution in [0.1, 0.15) is 6.42 Å². The number of hydrogen-bond donors (Lipinski definition) is 3. The van der Waals surface area contributed by atoms with Crippen molar-refractivity contribution in [1.82, 2.24) is 10.6 Å². The van der Waals surface area contributed by atoms with E-state index in [2.05, 4.69) is 10.6 Å². The van der Waals surface area contributed by atoms with E-state index >= 15 is 0 Å². The summed E-state index contributed by atoms with van der Waals surface area (Å²) in [5.41, 5.74) is 0. The lowest BCUT2D eigenvalue weighted by atomic mass is 10.2. The maximum atomic E-state index is 12.0. The van der Waals surface area contributed by atoms with Gasteiger partial charge in [-0.05, 0) is 30.7 Å². The van der Waals surface area contributed by atoms with Crippen molar-refractivity contribution in [3.05, 3.63) is 29.3 Å². The highest BCUT2D eigenvalue weighted by Crippen LogP contribution is 2.15. The molecule has 1 aliphatic heterocycles. The van der Waals surface area contributed by atoms with Gasteiger partial charge >= 0.3 is 0 Å². The van der Waals surface area contributed by atoms with Gasteiger partial charge in [-0.1, -0.05) is 11.6 Å². The molecule has 1 heterocycles. The summed E-state index contributed by atoms with van der Waals surface area (Å²) < 4.78 is 24.1. The van der Waals surface area contributed by atoms with Gasteiger partial charge < -0.3 is 15.7 Å².